The molecule has 4 heteroatoms. The lowest BCUT2D eigenvalue weighted by Gasteiger charge is -2.42. The van der Waals surface area contributed by atoms with Crippen molar-refractivity contribution < 1.29 is 0 Å². The van der Waals surface area contributed by atoms with Crippen molar-refractivity contribution in [3.8, 4) is 0 Å². The van der Waals surface area contributed by atoms with Gasteiger partial charge in [-0.2, -0.15) is 0 Å². The summed E-state index contributed by atoms with van der Waals surface area (Å²) in [4.78, 5) is 4.70. The maximum Gasteiger partial charge on any atom is 0.127 e. The SMILES string of the molecule is CCC1(Cn2c(C(C)Cl)nc3cc(Cl)ccc32)CCC1. The van der Waals surface area contributed by atoms with E-state index in [2.05, 4.69) is 17.6 Å². The van der Waals surface area contributed by atoms with E-state index in [0.717, 1.165) is 28.4 Å². The monoisotopic (exact) mass is 310 g/mol. The number of rotatable bonds is 4. The molecule has 0 amide bonds. The fourth-order valence-electron chi connectivity index (χ4n) is 3.23. The zero-order valence-electron chi connectivity index (χ0n) is 12.0. The van der Waals surface area contributed by atoms with Crippen molar-refractivity contribution in [2.45, 2.75) is 51.5 Å². The summed E-state index contributed by atoms with van der Waals surface area (Å²) in [6.07, 6.45) is 5.19. The van der Waals surface area contributed by atoms with E-state index in [-0.39, 0.29) is 5.38 Å². The molecule has 1 fully saturated rings. The van der Waals surface area contributed by atoms with Crippen LogP contribution in [0.2, 0.25) is 5.02 Å². The number of alkyl halides is 1. The van der Waals surface area contributed by atoms with Gasteiger partial charge in [-0.1, -0.05) is 24.9 Å². The van der Waals surface area contributed by atoms with Crippen LogP contribution in [0.5, 0.6) is 0 Å². The molecule has 1 aromatic carbocycles. The Bertz CT molecular complexity index is 621. The molecule has 1 atom stereocenters. The van der Waals surface area contributed by atoms with Gasteiger partial charge in [0.05, 0.1) is 16.4 Å². The van der Waals surface area contributed by atoms with Gasteiger partial charge in [0.1, 0.15) is 5.82 Å². The molecule has 0 N–H and O–H groups in total. The number of aromatic nitrogens is 2. The van der Waals surface area contributed by atoms with Gasteiger partial charge >= 0.3 is 0 Å². The summed E-state index contributed by atoms with van der Waals surface area (Å²) in [5.41, 5.74) is 2.54. The summed E-state index contributed by atoms with van der Waals surface area (Å²) in [5, 5.41) is 0.639. The second-order valence-corrected chi connectivity index (χ2v) is 7.10. The van der Waals surface area contributed by atoms with Gasteiger partial charge in [-0.15, -0.1) is 11.6 Å². The van der Waals surface area contributed by atoms with Gasteiger partial charge in [-0.05, 0) is 49.8 Å². The van der Waals surface area contributed by atoms with Gasteiger partial charge in [0, 0.05) is 11.6 Å². The van der Waals surface area contributed by atoms with Crippen molar-refractivity contribution in [3.05, 3.63) is 29.0 Å². The van der Waals surface area contributed by atoms with Crippen LogP contribution in [-0.2, 0) is 6.54 Å². The van der Waals surface area contributed by atoms with Gasteiger partial charge in [0.15, 0.2) is 0 Å². The standard InChI is InChI=1S/C16H20Cl2N2/c1-3-16(7-4-8-16)10-20-14-6-5-12(18)9-13(14)19-15(20)11(2)17/h5-6,9,11H,3-4,7-8,10H2,1-2H3. The molecule has 0 bridgehead atoms. The van der Waals surface area contributed by atoms with Gasteiger partial charge < -0.3 is 4.57 Å². The zero-order chi connectivity index (χ0) is 14.3. The first-order valence-electron chi connectivity index (χ1n) is 7.34. The van der Waals surface area contributed by atoms with Gasteiger partial charge in [-0.3, -0.25) is 0 Å². The Morgan fingerprint density at radius 2 is 2.15 bits per heavy atom. The molecule has 1 unspecified atom stereocenters. The van der Waals surface area contributed by atoms with Crippen LogP contribution in [-0.4, -0.2) is 9.55 Å². The number of benzene rings is 1. The zero-order valence-corrected chi connectivity index (χ0v) is 13.5. The molecular formula is C16H20Cl2N2. The van der Waals surface area contributed by atoms with Crippen molar-refractivity contribution in [3.63, 3.8) is 0 Å². The van der Waals surface area contributed by atoms with Gasteiger partial charge in [-0.25, -0.2) is 4.98 Å². The molecule has 2 nitrogen and oxygen atoms in total. The Morgan fingerprint density at radius 1 is 1.40 bits per heavy atom. The predicted octanol–water partition coefficient (Wildman–Crippen LogP) is 5.57. The Labute approximate surface area is 130 Å². The molecule has 2 aromatic rings. The second kappa shape index (κ2) is 5.23. The minimum Gasteiger partial charge on any atom is -0.326 e. The smallest absolute Gasteiger partial charge is 0.127 e. The number of halogens is 2. The molecule has 108 valence electrons. The topological polar surface area (TPSA) is 17.8 Å². The quantitative estimate of drug-likeness (QED) is 0.675. The third-order valence-corrected chi connectivity index (χ3v) is 5.18. The first kappa shape index (κ1) is 14.2. The van der Waals surface area contributed by atoms with E-state index in [1.54, 1.807) is 0 Å². The number of fused-ring (bicyclic) bond motifs is 1. The largest absolute Gasteiger partial charge is 0.326 e. The normalized spacial score (nSPS) is 19.0. The molecule has 1 saturated carbocycles. The van der Waals surface area contributed by atoms with Crippen LogP contribution in [0.15, 0.2) is 18.2 Å². The minimum absolute atomic E-state index is 0.0878. The van der Waals surface area contributed by atoms with Crippen molar-refractivity contribution in [2.24, 2.45) is 5.41 Å². The summed E-state index contributed by atoms with van der Waals surface area (Å²) in [6, 6.07) is 5.93. The van der Waals surface area contributed by atoms with Crippen molar-refractivity contribution in [1.82, 2.24) is 9.55 Å². The molecule has 1 aromatic heterocycles. The van der Waals surface area contributed by atoms with E-state index in [9.17, 15) is 0 Å². The highest BCUT2D eigenvalue weighted by Gasteiger charge is 2.36. The van der Waals surface area contributed by atoms with E-state index in [1.165, 1.54) is 25.7 Å². The van der Waals surface area contributed by atoms with Crippen LogP contribution in [0.25, 0.3) is 11.0 Å². The highest BCUT2D eigenvalue weighted by molar-refractivity contribution is 6.31. The molecule has 0 aliphatic heterocycles. The first-order chi connectivity index (χ1) is 9.54. The molecule has 20 heavy (non-hydrogen) atoms. The number of nitrogens with zero attached hydrogens (tertiary/aromatic N) is 2. The molecule has 0 saturated heterocycles. The van der Waals surface area contributed by atoms with E-state index in [4.69, 9.17) is 28.2 Å². The molecule has 1 aliphatic rings. The van der Waals surface area contributed by atoms with E-state index >= 15 is 0 Å². The van der Waals surface area contributed by atoms with Crippen LogP contribution in [0.1, 0.15) is 50.7 Å². The third-order valence-electron chi connectivity index (χ3n) is 4.75. The van der Waals surface area contributed by atoms with E-state index in [0.29, 0.717) is 5.41 Å². The van der Waals surface area contributed by atoms with Crippen molar-refractivity contribution in [1.29, 1.82) is 0 Å². The fraction of sp³-hybridized carbons (Fsp3) is 0.562. The first-order valence-corrected chi connectivity index (χ1v) is 8.16. The summed E-state index contributed by atoms with van der Waals surface area (Å²) < 4.78 is 2.31. The lowest BCUT2D eigenvalue weighted by molar-refractivity contribution is 0.101. The number of hydrogen-bond acceptors (Lipinski definition) is 1. The van der Waals surface area contributed by atoms with Gasteiger partial charge in [0.25, 0.3) is 0 Å². The average Bonchev–Trinajstić information content (AvgIpc) is 2.71. The van der Waals surface area contributed by atoms with Crippen LogP contribution in [0.3, 0.4) is 0 Å². The van der Waals surface area contributed by atoms with Crippen molar-refractivity contribution >= 4 is 34.2 Å². The van der Waals surface area contributed by atoms with Crippen molar-refractivity contribution in [2.75, 3.05) is 0 Å². The Balaban J connectivity index is 2.09. The summed E-state index contributed by atoms with van der Waals surface area (Å²) in [5.74, 6) is 0.962. The Kier molecular flexibility index (Phi) is 3.72. The van der Waals surface area contributed by atoms with Crippen LogP contribution in [0.4, 0.5) is 0 Å². The molecule has 0 spiro atoms. The van der Waals surface area contributed by atoms with Crippen LogP contribution < -0.4 is 0 Å². The molecule has 1 aliphatic carbocycles. The number of hydrogen-bond donors (Lipinski definition) is 0. The fourth-order valence-corrected chi connectivity index (χ4v) is 3.56. The van der Waals surface area contributed by atoms with Gasteiger partial charge in [0.2, 0.25) is 0 Å². The highest BCUT2D eigenvalue weighted by atomic mass is 35.5. The maximum atomic E-state index is 6.34. The molecule has 1 heterocycles. The van der Waals surface area contributed by atoms with E-state index in [1.807, 2.05) is 19.1 Å². The lowest BCUT2D eigenvalue weighted by Crippen LogP contribution is -2.34. The van der Waals surface area contributed by atoms with Crippen LogP contribution in [0, 0.1) is 5.41 Å². The minimum atomic E-state index is -0.0878. The number of imidazole rings is 1. The summed E-state index contributed by atoms with van der Waals surface area (Å²) in [6.45, 7) is 5.30. The Morgan fingerprint density at radius 3 is 2.70 bits per heavy atom. The second-order valence-electron chi connectivity index (χ2n) is 6.01. The van der Waals surface area contributed by atoms with Crippen LogP contribution >= 0.6 is 23.2 Å². The third kappa shape index (κ3) is 2.33. The predicted molar refractivity (Wildman–Crippen MR) is 85.6 cm³/mol. The molecule has 0 radical (unpaired) electrons. The summed E-state index contributed by atoms with van der Waals surface area (Å²) in [7, 11) is 0. The highest BCUT2D eigenvalue weighted by Crippen LogP contribution is 2.46. The Hall–Kier alpha value is -0.730. The molecular weight excluding hydrogens is 291 g/mol. The summed E-state index contributed by atoms with van der Waals surface area (Å²) >= 11 is 12.4. The molecule has 3 rings (SSSR count). The van der Waals surface area contributed by atoms with E-state index < -0.39 is 0 Å². The average molecular weight is 311 g/mol. The maximum absolute atomic E-state index is 6.34. The lowest BCUT2D eigenvalue weighted by atomic mass is 9.67.